The predicted octanol–water partition coefficient (Wildman–Crippen LogP) is 3.97. The molecule has 0 aliphatic carbocycles. The number of fused-ring (bicyclic) bond motifs is 1. The Bertz CT molecular complexity index is 633. The van der Waals surface area contributed by atoms with Crippen LogP contribution in [0.2, 0.25) is 0 Å². The van der Waals surface area contributed by atoms with Gasteiger partial charge in [0.2, 0.25) is 0 Å². The van der Waals surface area contributed by atoms with E-state index in [4.69, 9.17) is 10.5 Å². The van der Waals surface area contributed by atoms with Crippen LogP contribution in [-0.2, 0) is 0 Å². The summed E-state index contributed by atoms with van der Waals surface area (Å²) in [5, 5.41) is 0. The molecule has 2 N–H and O–H groups in total. The lowest BCUT2D eigenvalue weighted by atomic mass is 9.89. The first-order chi connectivity index (χ1) is 9.56. The van der Waals surface area contributed by atoms with Gasteiger partial charge in [-0.25, -0.2) is 4.39 Å². The number of hydrogen-bond acceptors (Lipinski definition) is 2. The Balaban J connectivity index is 2.03. The van der Waals surface area contributed by atoms with Crippen LogP contribution in [0.15, 0.2) is 36.4 Å². The highest BCUT2D eigenvalue weighted by molar-refractivity contribution is 5.42. The highest BCUT2D eigenvalue weighted by Gasteiger charge is 2.29. The summed E-state index contributed by atoms with van der Waals surface area (Å²) < 4.78 is 19.4. The molecule has 0 bridgehead atoms. The third-order valence-corrected chi connectivity index (χ3v) is 3.98. The van der Waals surface area contributed by atoms with E-state index in [-0.39, 0.29) is 18.0 Å². The monoisotopic (exact) mass is 271 g/mol. The van der Waals surface area contributed by atoms with Gasteiger partial charge in [0.25, 0.3) is 0 Å². The van der Waals surface area contributed by atoms with Crippen molar-refractivity contribution in [1.29, 1.82) is 0 Å². The molecule has 2 aromatic carbocycles. The summed E-state index contributed by atoms with van der Waals surface area (Å²) in [6, 6.07) is 10.6. The van der Waals surface area contributed by atoms with Crippen molar-refractivity contribution in [1.82, 2.24) is 0 Å². The van der Waals surface area contributed by atoms with Gasteiger partial charge >= 0.3 is 0 Å². The van der Waals surface area contributed by atoms with Gasteiger partial charge in [0.05, 0.1) is 0 Å². The van der Waals surface area contributed by atoms with Crippen LogP contribution in [0.1, 0.15) is 40.8 Å². The van der Waals surface area contributed by atoms with Gasteiger partial charge in [0, 0.05) is 24.1 Å². The molecular formula is C17H18FNO. The molecule has 3 heteroatoms. The lowest BCUT2D eigenvalue weighted by Gasteiger charge is -2.32. The van der Waals surface area contributed by atoms with Gasteiger partial charge < -0.3 is 10.5 Å². The molecule has 0 spiro atoms. The first kappa shape index (κ1) is 13.1. The van der Waals surface area contributed by atoms with Gasteiger partial charge in [0.1, 0.15) is 17.7 Å². The zero-order chi connectivity index (χ0) is 14.3. The number of aryl methyl sites for hydroxylation is 2. The molecule has 0 saturated heterocycles. The fraction of sp³-hybridized carbons (Fsp3) is 0.294. The quantitative estimate of drug-likeness (QED) is 0.852. The van der Waals surface area contributed by atoms with E-state index in [1.807, 2.05) is 6.07 Å². The maximum Gasteiger partial charge on any atom is 0.127 e. The molecule has 0 amide bonds. The minimum Gasteiger partial charge on any atom is -0.485 e. The topological polar surface area (TPSA) is 35.2 Å². The largest absolute Gasteiger partial charge is 0.485 e. The predicted molar refractivity (Wildman–Crippen MR) is 77.2 cm³/mol. The van der Waals surface area contributed by atoms with Gasteiger partial charge in [0.15, 0.2) is 0 Å². The lowest BCUT2D eigenvalue weighted by Crippen LogP contribution is -2.25. The molecule has 1 heterocycles. The van der Waals surface area contributed by atoms with Crippen molar-refractivity contribution in [2.45, 2.75) is 32.4 Å². The Morgan fingerprint density at radius 1 is 1.15 bits per heavy atom. The maximum atomic E-state index is 13.4. The Kier molecular flexibility index (Phi) is 3.22. The van der Waals surface area contributed by atoms with Gasteiger partial charge in [-0.05, 0) is 36.6 Å². The van der Waals surface area contributed by atoms with Crippen molar-refractivity contribution in [3.8, 4) is 5.75 Å². The molecule has 2 nitrogen and oxygen atoms in total. The van der Waals surface area contributed by atoms with Crippen LogP contribution in [0.3, 0.4) is 0 Å². The Labute approximate surface area is 118 Å². The second-order valence-corrected chi connectivity index (χ2v) is 5.44. The third-order valence-electron chi connectivity index (χ3n) is 3.98. The fourth-order valence-corrected chi connectivity index (χ4v) is 2.99. The van der Waals surface area contributed by atoms with E-state index in [9.17, 15) is 4.39 Å². The van der Waals surface area contributed by atoms with Gasteiger partial charge in [-0.3, -0.25) is 0 Å². The molecule has 2 atom stereocenters. The van der Waals surface area contributed by atoms with Crippen molar-refractivity contribution in [3.05, 3.63) is 64.5 Å². The first-order valence-electron chi connectivity index (χ1n) is 6.84. The second kappa shape index (κ2) is 4.91. The number of nitrogens with two attached hydrogens (primary N) is 1. The molecule has 2 aromatic rings. The molecule has 1 aliphatic rings. The summed E-state index contributed by atoms with van der Waals surface area (Å²) in [4.78, 5) is 0. The molecule has 0 fully saturated rings. The molecular weight excluding hydrogens is 253 g/mol. The van der Waals surface area contributed by atoms with E-state index in [0.29, 0.717) is 12.2 Å². The molecule has 20 heavy (non-hydrogen) atoms. The SMILES string of the molecule is Cc1cccc(C)c1C1C[C@H](N)c2ccc(F)cc2O1. The molecule has 0 radical (unpaired) electrons. The van der Waals surface area contributed by atoms with E-state index in [1.165, 1.54) is 23.3 Å². The average Bonchev–Trinajstić information content (AvgIpc) is 2.38. The number of benzene rings is 2. The van der Waals surface area contributed by atoms with Crippen molar-refractivity contribution >= 4 is 0 Å². The van der Waals surface area contributed by atoms with Crippen LogP contribution in [0.25, 0.3) is 0 Å². The Hall–Kier alpha value is -1.87. The van der Waals surface area contributed by atoms with Gasteiger partial charge in [-0.1, -0.05) is 24.3 Å². The highest BCUT2D eigenvalue weighted by atomic mass is 19.1. The number of rotatable bonds is 1. The molecule has 0 aromatic heterocycles. The normalized spacial score (nSPS) is 21.2. The number of halogens is 1. The molecule has 104 valence electrons. The van der Waals surface area contributed by atoms with Crippen LogP contribution < -0.4 is 10.5 Å². The summed E-state index contributed by atoms with van der Waals surface area (Å²) in [5.41, 5.74) is 10.6. The standard InChI is InChI=1S/C17H18FNO/c1-10-4-3-5-11(2)17(10)16-9-14(19)13-7-6-12(18)8-15(13)20-16/h3-8,14,16H,9,19H2,1-2H3/t14-,16?/m0/s1. The summed E-state index contributed by atoms with van der Waals surface area (Å²) >= 11 is 0. The van der Waals surface area contributed by atoms with E-state index in [2.05, 4.69) is 26.0 Å². The maximum absolute atomic E-state index is 13.4. The number of ether oxygens (including phenoxy) is 1. The summed E-state index contributed by atoms with van der Waals surface area (Å²) in [7, 11) is 0. The third kappa shape index (κ3) is 2.18. The van der Waals surface area contributed by atoms with Gasteiger partial charge in [-0.2, -0.15) is 0 Å². The smallest absolute Gasteiger partial charge is 0.127 e. The average molecular weight is 271 g/mol. The number of hydrogen-bond donors (Lipinski definition) is 1. The van der Waals surface area contributed by atoms with Crippen molar-refractivity contribution in [3.63, 3.8) is 0 Å². The Morgan fingerprint density at radius 2 is 1.85 bits per heavy atom. The lowest BCUT2D eigenvalue weighted by molar-refractivity contribution is 0.159. The molecule has 3 rings (SSSR count). The van der Waals surface area contributed by atoms with Crippen molar-refractivity contribution in [2.24, 2.45) is 5.73 Å². The first-order valence-corrected chi connectivity index (χ1v) is 6.84. The zero-order valence-electron chi connectivity index (χ0n) is 11.7. The minimum atomic E-state index is -0.293. The van der Waals surface area contributed by atoms with E-state index < -0.39 is 0 Å². The van der Waals surface area contributed by atoms with Crippen LogP contribution >= 0.6 is 0 Å². The van der Waals surface area contributed by atoms with Crippen LogP contribution in [0.5, 0.6) is 5.75 Å². The van der Waals surface area contributed by atoms with Crippen molar-refractivity contribution < 1.29 is 9.13 Å². The van der Waals surface area contributed by atoms with Gasteiger partial charge in [-0.15, -0.1) is 0 Å². The van der Waals surface area contributed by atoms with Crippen LogP contribution in [0, 0.1) is 19.7 Å². The summed E-state index contributed by atoms with van der Waals surface area (Å²) in [6.45, 7) is 4.14. The van der Waals surface area contributed by atoms with E-state index >= 15 is 0 Å². The minimum absolute atomic E-state index is 0.111. The van der Waals surface area contributed by atoms with Crippen LogP contribution in [0.4, 0.5) is 4.39 Å². The van der Waals surface area contributed by atoms with Crippen molar-refractivity contribution in [2.75, 3.05) is 0 Å². The second-order valence-electron chi connectivity index (χ2n) is 5.44. The summed E-state index contributed by atoms with van der Waals surface area (Å²) in [6.07, 6.45) is 0.602. The fourth-order valence-electron chi connectivity index (χ4n) is 2.99. The van der Waals surface area contributed by atoms with E-state index in [0.717, 1.165) is 11.1 Å². The zero-order valence-corrected chi connectivity index (χ0v) is 11.7. The molecule has 1 unspecified atom stereocenters. The Morgan fingerprint density at radius 3 is 2.55 bits per heavy atom. The summed E-state index contributed by atoms with van der Waals surface area (Å²) in [5.74, 6) is 0.273. The highest BCUT2D eigenvalue weighted by Crippen LogP contribution is 2.41. The molecule has 0 saturated carbocycles. The molecule has 1 aliphatic heterocycles. The van der Waals surface area contributed by atoms with E-state index in [1.54, 1.807) is 6.07 Å². The van der Waals surface area contributed by atoms with Crippen LogP contribution in [-0.4, -0.2) is 0 Å².